The topological polar surface area (TPSA) is 34.2 Å². The van der Waals surface area contributed by atoms with Crippen molar-refractivity contribution in [3.05, 3.63) is 53.0 Å². The van der Waals surface area contributed by atoms with E-state index in [1.54, 1.807) is 19.1 Å². The zero-order chi connectivity index (χ0) is 15.2. The Morgan fingerprint density at radius 3 is 2.71 bits per heavy atom. The third kappa shape index (κ3) is 4.53. The van der Waals surface area contributed by atoms with E-state index in [1.165, 1.54) is 6.07 Å². The lowest BCUT2D eigenvalue weighted by Crippen LogP contribution is -2.14. The van der Waals surface area contributed by atoms with Crippen molar-refractivity contribution in [2.75, 3.05) is 6.54 Å². The summed E-state index contributed by atoms with van der Waals surface area (Å²) in [6, 6.07) is 8.64. The SMILES string of the molecule is CCCNCc1cc(C)nc(Oc2ccc(F)c(C)c2)c1. The highest BCUT2D eigenvalue weighted by Crippen LogP contribution is 2.23. The van der Waals surface area contributed by atoms with E-state index in [0.29, 0.717) is 17.2 Å². The van der Waals surface area contributed by atoms with E-state index in [0.717, 1.165) is 30.8 Å². The number of rotatable bonds is 6. The van der Waals surface area contributed by atoms with Crippen LogP contribution < -0.4 is 10.1 Å². The lowest BCUT2D eigenvalue weighted by Gasteiger charge is -2.10. The van der Waals surface area contributed by atoms with Gasteiger partial charge in [0.05, 0.1) is 0 Å². The largest absolute Gasteiger partial charge is 0.439 e. The maximum atomic E-state index is 13.3. The van der Waals surface area contributed by atoms with E-state index in [9.17, 15) is 4.39 Å². The molecule has 0 aliphatic carbocycles. The van der Waals surface area contributed by atoms with Crippen molar-refractivity contribution >= 4 is 0 Å². The van der Waals surface area contributed by atoms with E-state index in [2.05, 4.69) is 17.2 Å². The summed E-state index contributed by atoms with van der Waals surface area (Å²) >= 11 is 0. The number of hydrogen-bond acceptors (Lipinski definition) is 3. The number of hydrogen-bond donors (Lipinski definition) is 1. The Balaban J connectivity index is 2.13. The molecule has 1 aromatic heterocycles. The van der Waals surface area contributed by atoms with E-state index in [4.69, 9.17) is 4.74 Å². The third-order valence-electron chi connectivity index (χ3n) is 3.10. The molecule has 1 aromatic carbocycles. The van der Waals surface area contributed by atoms with Crippen LogP contribution in [0.3, 0.4) is 0 Å². The molecule has 112 valence electrons. The highest BCUT2D eigenvalue weighted by molar-refractivity contribution is 5.33. The predicted molar refractivity (Wildman–Crippen MR) is 82.2 cm³/mol. The Kier molecular flexibility index (Phi) is 5.28. The van der Waals surface area contributed by atoms with Gasteiger partial charge in [0.2, 0.25) is 5.88 Å². The fraction of sp³-hybridized carbons (Fsp3) is 0.353. The Hall–Kier alpha value is -1.94. The molecule has 3 nitrogen and oxygen atoms in total. The van der Waals surface area contributed by atoms with Crippen LogP contribution >= 0.6 is 0 Å². The molecular formula is C17H21FN2O. The van der Waals surface area contributed by atoms with Crippen LogP contribution in [0.4, 0.5) is 4.39 Å². The van der Waals surface area contributed by atoms with Crippen molar-refractivity contribution in [1.29, 1.82) is 0 Å². The minimum absolute atomic E-state index is 0.232. The Morgan fingerprint density at radius 2 is 2.00 bits per heavy atom. The first-order valence-electron chi connectivity index (χ1n) is 7.20. The number of nitrogens with zero attached hydrogens (tertiary/aromatic N) is 1. The Morgan fingerprint density at radius 1 is 1.19 bits per heavy atom. The number of benzene rings is 1. The third-order valence-corrected chi connectivity index (χ3v) is 3.10. The van der Waals surface area contributed by atoms with Gasteiger partial charge in [-0.2, -0.15) is 0 Å². The summed E-state index contributed by atoms with van der Waals surface area (Å²) in [7, 11) is 0. The maximum Gasteiger partial charge on any atom is 0.219 e. The summed E-state index contributed by atoms with van der Waals surface area (Å²) < 4.78 is 19.0. The van der Waals surface area contributed by atoms with Gasteiger partial charge in [-0.1, -0.05) is 6.92 Å². The van der Waals surface area contributed by atoms with Crippen LogP contribution in [-0.4, -0.2) is 11.5 Å². The van der Waals surface area contributed by atoms with Gasteiger partial charge in [0.1, 0.15) is 11.6 Å². The lowest BCUT2D eigenvalue weighted by molar-refractivity contribution is 0.458. The lowest BCUT2D eigenvalue weighted by atomic mass is 10.2. The van der Waals surface area contributed by atoms with Gasteiger partial charge < -0.3 is 10.1 Å². The first-order valence-corrected chi connectivity index (χ1v) is 7.20. The van der Waals surface area contributed by atoms with Gasteiger partial charge in [-0.25, -0.2) is 9.37 Å². The van der Waals surface area contributed by atoms with Crippen LogP contribution in [0.2, 0.25) is 0 Å². The highest BCUT2D eigenvalue weighted by Gasteiger charge is 2.05. The van der Waals surface area contributed by atoms with Crippen LogP contribution in [0.25, 0.3) is 0 Å². The first kappa shape index (κ1) is 15.4. The number of ether oxygens (including phenoxy) is 1. The minimum Gasteiger partial charge on any atom is -0.439 e. The maximum absolute atomic E-state index is 13.3. The minimum atomic E-state index is -0.232. The van der Waals surface area contributed by atoms with Gasteiger partial charge in [0, 0.05) is 18.3 Å². The van der Waals surface area contributed by atoms with Crippen LogP contribution in [0, 0.1) is 19.7 Å². The second-order valence-electron chi connectivity index (χ2n) is 5.14. The molecule has 0 bridgehead atoms. The summed E-state index contributed by atoms with van der Waals surface area (Å²) in [6.45, 7) is 7.55. The van der Waals surface area contributed by atoms with Gasteiger partial charge in [0.15, 0.2) is 0 Å². The second kappa shape index (κ2) is 7.18. The Labute approximate surface area is 125 Å². The quantitative estimate of drug-likeness (QED) is 0.812. The molecule has 21 heavy (non-hydrogen) atoms. The molecule has 1 N–H and O–H groups in total. The second-order valence-corrected chi connectivity index (χ2v) is 5.14. The molecule has 0 saturated carbocycles. The van der Waals surface area contributed by atoms with E-state index in [1.807, 2.05) is 19.1 Å². The molecule has 0 spiro atoms. The highest BCUT2D eigenvalue weighted by atomic mass is 19.1. The molecule has 0 atom stereocenters. The van der Waals surface area contributed by atoms with Crippen molar-refractivity contribution in [2.45, 2.75) is 33.7 Å². The van der Waals surface area contributed by atoms with Crippen molar-refractivity contribution in [3.8, 4) is 11.6 Å². The standard InChI is InChI=1S/C17H21FN2O/c1-4-7-19-11-14-9-13(3)20-17(10-14)21-15-5-6-16(18)12(2)8-15/h5-6,8-10,19H,4,7,11H2,1-3H3. The van der Waals surface area contributed by atoms with Gasteiger partial charge in [-0.05, 0) is 62.2 Å². The molecule has 0 amide bonds. The van der Waals surface area contributed by atoms with Gasteiger partial charge >= 0.3 is 0 Å². The van der Waals surface area contributed by atoms with Crippen LogP contribution in [-0.2, 0) is 6.54 Å². The molecular weight excluding hydrogens is 267 g/mol. The molecule has 0 radical (unpaired) electrons. The molecule has 2 aromatic rings. The normalized spacial score (nSPS) is 10.7. The zero-order valence-electron chi connectivity index (χ0n) is 12.7. The number of halogens is 1. The number of aryl methyl sites for hydroxylation is 2. The van der Waals surface area contributed by atoms with Crippen LogP contribution in [0.15, 0.2) is 30.3 Å². The molecule has 0 saturated heterocycles. The summed E-state index contributed by atoms with van der Waals surface area (Å²) in [5.74, 6) is 0.901. The molecule has 0 fully saturated rings. The van der Waals surface area contributed by atoms with Crippen molar-refractivity contribution in [2.24, 2.45) is 0 Å². The Bertz CT molecular complexity index is 614. The van der Waals surface area contributed by atoms with Gasteiger partial charge in [-0.15, -0.1) is 0 Å². The fourth-order valence-corrected chi connectivity index (χ4v) is 2.07. The molecule has 0 aliphatic rings. The van der Waals surface area contributed by atoms with E-state index in [-0.39, 0.29) is 5.82 Å². The van der Waals surface area contributed by atoms with Gasteiger partial charge in [0.25, 0.3) is 0 Å². The molecule has 2 rings (SSSR count). The fourth-order valence-electron chi connectivity index (χ4n) is 2.07. The molecule has 0 unspecified atom stereocenters. The van der Waals surface area contributed by atoms with Crippen molar-refractivity contribution in [1.82, 2.24) is 10.3 Å². The van der Waals surface area contributed by atoms with E-state index >= 15 is 0 Å². The van der Waals surface area contributed by atoms with Gasteiger partial charge in [-0.3, -0.25) is 0 Å². The summed E-state index contributed by atoms with van der Waals surface area (Å²) in [4.78, 5) is 4.37. The number of nitrogens with one attached hydrogen (secondary N) is 1. The molecule has 0 aliphatic heterocycles. The number of aromatic nitrogens is 1. The van der Waals surface area contributed by atoms with Crippen molar-refractivity contribution in [3.63, 3.8) is 0 Å². The van der Waals surface area contributed by atoms with Crippen LogP contribution in [0.5, 0.6) is 11.6 Å². The summed E-state index contributed by atoms with van der Waals surface area (Å²) in [5.41, 5.74) is 2.59. The molecule has 4 heteroatoms. The average molecular weight is 288 g/mol. The smallest absolute Gasteiger partial charge is 0.219 e. The van der Waals surface area contributed by atoms with Crippen LogP contribution in [0.1, 0.15) is 30.2 Å². The first-order chi connectivity index (χ1) is 10.1. The predicted octanol–water partition coefficient (Wildman–Crippen LogP) is 4.13. The average Bonchev–Trinajstić information content (AvgIpc) is 2.43. The van der Waals surface area contributed by atoms with E-state index < -0.39 is 0 Å². The summed E-state index contributed by atoms with van der Waals surface area (Å²) in [6.07, 6.45) is 1.10. The summed E-state index contributed by atoms with van der Waals surface area (Å²) in [5, 5.41) is 3.35. The zero-order valence-corrected chi connectivity index (χ0v) is 12.7. The molecule has 1 heterocycles. The number of pyridine rings is 1. The monoisotopic (exact) mass is 288 g/mol. The van der Waals surface area contributed by atoms with Crippen molar-refractivity contribution < 1.29 is 9.13 Å².